The Morgan fingerprint density at radius 1 is 0.971 bits per heavy atom. The highest BCUT2D eigenvalue weighted by Gasteiger charge is 2.30. The van der Waals surface area contributed by atoms with E-state index in [0.29, 0.717) is 18.7 Å². The summed E-state index contributed by atoms with van der Waals surface area (Å²) in [6.07, 6.45) is 3.99. The standard InChI is InChI=1S/C26H29N3O3S2/c30-26(27-19-24(25-13-7-17-33-25)28-14-3-4-15-28)21-9-5-11-22(18-21)34(31,32)29-16-6-10-20-8-1-2-12-23(20)29/h1-2,5,7-9,11-13,17-18,24H,3-4,6,10,14-16,19H2,(H,27,30). The Morgan fingerprint density at radius 2 is 1.79 bits per heavy atom. The molecule has 1 saturated heterocycles. The molecular weight excluding hydrogens is 466 g/mol. The fourth-order valence-electron chi connectivity index (χ4n) is 4.91. The minimum absolute atomic E-state index is 0.142. The second-order valence-corrected chi connectivity index (χ2v) is 11.7. The lowest BCUT2D eigenvalue weighted by atomic mass is 10.0. The maximum absolute atomic E-state index is 13.5. The molecule has 2 aliphatic rings. The van der Waals surface area contributed by atoms with E-state index in [9.17, 15) is 13.2 Å². The van der Waals surface area contributed by atoms with E-state index in [4.69, 9.17) is 0 Å². The number of nitrogens with one attached hydrogen (secondary N) is 1. The number of fused-ring (bicyclic) bond motifs is 1. The first-order valence-corrected chi connectivity index (χ1v) is 14.1. The number of hydrogen-bond donors (Lipinski definition) is 1. The van der Waals surface area contributed by atoms with Crippen LogP contribution in [0, 0.1) is 0 Å². The molecule has 1 aromatic heterocycles. The van der Waals surface area contributed by atoms with Crippen molar-refractivity contribution in [3.05, 3.63) is 82.0 Å². The number of benzene rings is 2. The summed E-state index contributed by atoms with van der Waals surface area (Å²) < 4.78 is 28.5. The highest BCUT2D eigenvalue weighted by Crippen LogP contribution is 2.32. The monoisotopic (exact) mass is 495 g/mol. The Bertz CT molecular complexity index is 1250. The molecule has 0 aliphatic carbocycles. The smallest absolute Gasteiger partial charge is 0.264 e. The van der Waals surface area contributed by atoms with Crippen LogP contribution in [0.3, 0.4) is 0 Å². The molecule has 2 aliphatic heterocycles. The fourth-order valence-corrected chi connectivity index (χ4v) is 7.36. The maximum atomic E-state index is 13.5. The van der Waals surface area contributed by atoms with E-state index in [1.54, 1.807) is 29.5 Å². The van der Waals surface area contributed by atoms with Gasteiger partial charge in [0, 0.05) is 23.5 Å². The molecule has 5 rings (SSSR count). The SMILES string of the molecule is O=C(NCC(c1cccs1)N1CCCC1)c1cccc(S(=O)(=O)N2CCCc3ccccc32)c1. The van der Waals surface area contributed by atoms with Gasteiger partial charge in [-0.1, -0.05) is 30.3 Å². The molecule has 1 unspecified atom stereocenters. The number of aryl methyl sites for hydroxylation is 1. The summed E-state index contributed by atoms with van der Waals surface area (Å²) in [5.41, 5.74) is 2.12. The molecule has 1 N–H and O–H groups in total. The lowest BCUT2D eigenvalue weighted by molar-refractivity contribution is 0.0938. The van der Waals surface area contributed by atoms with Gasteiger partial charge in [0.15, 0.2) is 0 Å². The number of sulfonamides is 1. The summed E-state index contributed by atoms with van der Waals surface area (Å²) >= 11 is 1.70. The van der Waals surface area contributed by atoms with Crippen molar-refractivity contribution in [3.63, 3.8) is 0 Å². The first kappa shape index (κ1) is 23.1. The minimum Gasteiger partial charge on any atom is -0.350 e. The molecule has 1 fully saturated rings. The molecule has 3 heterocycles. The van der Waals surface area contributed by atoms with E-state index >= 15 is 0 Å². The van der Waals surface area contributed by atoms with Crippen LogP contribution in [0.1, 0.15) is 46.1 Å². The lowest BCUT2D eigenvalue weighted by Gasteiger charge is -2.30. The van der Waals surface area contributed by atoms with Crippen LogP contribution in [0.5, 0.6) is 0 Å². The van der Waals surface area contributed by atoms with Gasteiger partial charge in [-0.15, -0.1) is 11.3 Å². The molecule has 3 aromatic rings. The second kappa shape index (κ2) is 9.90. The summed E-state index contributed by atoms with van der Waals surface area (Å²) in [5, 5.41) is 5.12. The predicted octanol–water partition coefficient (Wildman–Crippen LogP) is 4.46. The van der Waals surface area contributed by atoms with Crippen LogP contribution in [-0.2, 0) is 16.4 Å². The van der Waals surface area contributed by atoms with Crippen LogP contribution in [0.25, 0.3) is 0 Å². The Morgan fingerprint density at radius 3 is 2.59 bits per heavy atom. The van der Waals surface area contributed by atoms with E-state index in [2.05, 4.69) is 21.7 Å². The zero-order valence-electron chi connectivity index (χ0n) is 19.0. The Balaban J connectivity index is 1.34. The fraction of sp³-hybridized carbons (Fsp3) is 0.346. The van der Waals surface area contributed by atoms with Crippen molar-refractivity contribution in [2.24, 2.45) is 0 Å². The van der Waals surface area contributed by atoms with Gasteiger partial charge in [0.1, 0.15) is 0 Å². The van der Waals surface area contributed by atoms with Crippen LogP contribution >= 0.6 is 11.3 Å². The molecule has 34 heavy (non-hydrogen) atoms. The third-order valence-corrected chi connectivity index (χ3v) is 9.44. The van der Waals surface area contributed by atoms with Crippen LogP contribution < -0.4 is 9.62 Å². The van der Waals surface area contributed by atoms with Crippen molar-refractivity contribution in [1.82, 2.24) is 10.2 Å². The van der Waals surface area contributed by atoms with Crippen LogP contribution in [0.2, 0.25) is 0 Å². The van der Waals surface area contributed by atoms with Gasteiger partial charge in [0.05, 0.1) is 16.6 Å². The minimum atomic E-state index is -3.76. The Kier molecular flexibility index (Phi) is 6.72. The number of thiophene rings is 1. The van der Waals surface area contributed by atoms with Crippen LogP contribution in [0.15, 0.2) is 70.9 Å². The average molecular weight is 496 g/mol. The molecular formula is C26H29N3O3S2. The van der Waals surface area contributed by atoms with Gasteiger partial charge >= 0.3 is 0 Å². The summed E-state index contributed by atoms with van der Waals surface area (Å²) in [6.45, 7) is 3.00. The quantitative estimate of drug-likeness (QED) is 0.526. The summed E-state index contributed by atoms with van der Waals surface area (Å²) in [5.74, 6) is -0.253. The first-order chi connectivity index (χ1) is 16.5. The van der Waals surface area contributed by atoms with Crippen molar-refractivity contribution in [3.8, 4) is 0 Å². The van der Waals surface area contributed by atoms with Gasteiger partial charge in [0.2, 0.25) is 0 Å². The number of carbonyl (C=O) groups excluding carboxylic acids is 1. The molecule has 178 valence electrons. The van der Waals surface area contributed by atoms with Gasteiger partial charge in [-0.3, -0.25) is 14.0 Å². The number of rotatable bonds is 7. The van der Waals surface area contributed by atoms with Crippen molar-refractivity contribution in [2.45, 2.75) is 36.6 Å². The van der Waals surface area contributed by atoms with Crippen LogP contribution in [0.4, 0.5) is 5.69 Å². The second-order valence-electron chi connectivity index (χ2n) is 8.82. The van der Waals surface area contributed by atoms with Crippen molar-refractivity contribution in [1.29, 1.82) is 0 Å². The van der Waals surface area contributed by atoms with Crippen molar-refractivity contribution < 1.29 is 13.2 Å². The molecule has 0 saturated carbocycles. The molecule has 0 spiro atoms. The lowest BCUT2D eigenvalue weighted by Crippen LogP contribution is -2.37. The van der Waals surface area contributed by atoms with E-state index in [1.165, 1.54) is 28.1 Å². The molecule has 1 atom stereocenters. The molecule has 8 heteroatoms. The predicted molar refractivity (Wildman–Crippen MR) is 136 cm³/mol. The number of amides is 1. The van der Waals surface area contributed by atoms with Crippen molar-refractivity contribution in [2.75, 3.05) is 30.5 Å². The number of nitrogens with zero attached hydrogens (tertiary/aromatic N) is 2. The number of anilines is 1. The summed E-state index contributed by atoms with van der Waals surface area (Å²) in [4.78, 5) is 16.9. The van der Waals surface area contributed by atoms with Crippen LogP contribution in [-0.4, -0.2) is 45.4 Å². The molecule has 6 nitrogen and oxygen atoms in total. The van der Waals surface area contributed by atoms with Gasteiger partial charge in [-0.2, -0.15) is 0 Å². The topological polar surface area (TPSA) is 69.7 Å². The number of hydrogen-bond acceptors (Lipinski definition) is 5. The number of carbonyl (C=O) groups is 1. The first-order valence-electron chi connectivity index (χ1n) is 11.8. The van der Waals surface area contributed by atoms with E-state index in [1.807, 2.05) is 30.3 Å². The zero-order valence-corrected chi connectivity index (χ0v) is 20.7. The molecule has 1 amide bonds. The van der Waals surface area contributed by atoms with E-state index < -0.39 is 10.0 Å². The van der Waals surface area contributed by atoms with Gasteiger partial charge < -0.3 is 5.32 Å². The molecule has 0 bridgehead atoms. The molecule has 0 radical (unpaired) electrons. The van der Waals surface area contributed by atoms with E-state index in [0.717, 1.165) is 37.2 Å². The Hall–Kier alpha value is -2.68. The molecule has 2 aromatic carbocycles. The van der Waals surface area contributed by atoms with Gasteiger partial charge in [0.25, 0.3) is 15.9 Å². The average Bonchev–Trinajstić information content (AvgIpc) is 3.59. The van der Waals surface area contributed by atoms with Gasteiger partial charge in [-0.05, 0) is 80.0 Å². The Labute approximate surface area is 205 Å². The number of para-hydroxylation sites is 1. The highest BCUT2D eigenvalue weighted by molar-refractivity contribution is 7.92. The van der Waals surface area contributed by atoms with Gasteiger partial charge in [-0.25, -0.2) is 8.42 Å². The summed E-state index contributed by atoms with van der Waals surface area (Å²) in [7, 11) is -3.76. The summed E-state index contributed by atoms with van der Waals surface area (Å²) in [6, 6.07) is 18.3. The maximum Gasteiger partial charge on any atom is 0.264 e. The normalized spacial score (nSPS) is 17.4. The number of likely N-dealkylation sites (tertiary alicyclic amines) is 1. The third-order valence-electron chi connectivity index (χ3n) is 6.66. The van der Waals surface area contributed by atoms with E-state index in [-0.39, 0.29) is 16.8 Å². The zero-order chi connectivity index (χ0) is 23.5. The largest absolute Gasteiger partial charge is 0.350 e. The third kappa shape index (κ3) is 4.62. The highest BCUT2D eigenvalue weighted by atomic mass is 32.2. The van der Waals surface area contributed by atoms with Crippen molar-refractivity contribution >= 4 is 33.0 Å².